The highest BCUT2D eigenvalue weighted by Crippen LogP contribution is 2.24. The average Bonchev–Trinajstić information content (AvgIpc) is 2.72. The highest BCUT2D eigenvalue weighted by Gasteiger charge is 2.19. The molecular weight excluding hydrogens is 382 g/mol. The highest BCUT2D eigenvalue weighted by molar-refractivity contribution is 5.94. The molecule has 2 aromatic carbocycles. The van der Waals surface area contributed by atoms with Crippen LogP contribution >= 0.6 is 0 Å². The lowest BCUT2D eigenvalue weighted by Crippen LogP contribution is -2.33. The first kappa shape index (κ1) is 23.1. The van der Waals surface area contributed by atoms with Gasteiger partial charge in [0.2, 0.25) is 5.91 Å². The van der Waals surface area contributed by atoms with Crippen LogP contribution in [0.25, 0.3) is 0 Å². The van der Waals surface area contributed by atoms with Crippen molar-refractivity contribution in [1.82, 2.24) is 10.2 Å². The molecule has 0 saturated heterocycles. The molecule has 1 N–H and O–H groups in total. The van der Waals surface area contributed by atoms with Crippen molar-refractivity contribution < 1.29 is 14.5 Å². The number of nitro benzene ring substituents is 1. The maximum Gasteiger partial charge on any atom is 0.269 e. The molecule has 0 unspecified atom stereocenters. The summed E-state index contributed by atoms with van der Waals surface area (Å²) in [6, 6.07) is 13.4. The monoisotopic (exact) mass is 411 g/mol. The Kier molecular flexibility index (Phi) is 7.32. The second kappa shape index (κ2) is 9.52. The van der Waals surface area contributed by atoms with Crippen LogP contribution in [0.4, 0.5) is 5.69 Å². The number of hydrogen-bond acceptors (Lipinski definition) is 4. The molecule has 2 amide bonds. The van der Waals surface area contributed by atoms with Gasteiger partial charge in [0, 0.05) is 37.7 Å². The Bertz CT molecular complexity index is 917. The molecular formula is C23H29N3O4. The maximum absolute atomic E-state index is 12.5. The summed E-state index contributed by atoms with van der Waals surface area (Å²) in [6.07, 6.45) is 0.140. The van der Waals surface area contributed by atoms with E-state index < -0.39 is 4.92 Å². The van der Waals surface area contributed by atoms with Crippen LogP contribution in [0.5, 0.6) is 0 Å². The SMILES string of the molecule is C[C@H](c1cccc([N+](=O)[O-])c1)N(C)C(=O)CCNC(=O)c1ccc(C(C)(C)C)cc1. The molecule has 7 nitrogen and oxygen atoms in total. The Morgan fingerprint density at radius 1 is 1.13 bits per heavy atom. The first-order chi connectivity index (χ1) is 14.0. The van der Waals surface area contributed by atoms with Gasteiger partial charge in [0.1, 0.15) is 0 Å². The number of hydrogen-bond donors (Lipinski definition) is 1. The third-order valence-corrected chi connectivity index (χ3v) is 5.18. The Hall–Kier alpha value is -3.22. The fourth-order valence-electron chi connectivity index (χ4n) is 3.02. The smallest absolute Gasteiger partial charge is 0.269 e. The van der Waals surface area contributed by atoms with E-state index in [4.69, 9.17) is 0 Å². The normalized spacial score (nSPS) is 12.2. The van der Waals surface area contributed by atoms with Crippen LogP contribution in [-0.4, -0.2) is 35.2 Å². The number of carbonyl (C=O) groups excluding carboxylic acids is 2. The summed E-state index contributed by atoms with van der Waals surface area (Å²) in [6.45, 7) is 8.35. The van der Waals surface area contributed by atoms with Crippen molar-refractivity contribution in [3.05, 3.63) is 75.3 Å². The summed E-state index contributed by atoms with van der Waals surface area (Å²) >= 11 is 0. The van der Waals surface area contributed by atoms with Gasteiger partial charge >= 0.3 is 0 Å². The third kappa shape index (κ3) is 5.89. The van der Waals surface area contributed by atoms with Crippen LogP contribution in [0.2, 0.25) is 0 Å². The number of benzene rings is 2. The van der Waals surface area contributed by atoms with Crippen LogP contribution in [0.15, 0.2) is 48.5 Å². The molecule has 30 heavy (non-hydrogen) atoms. The Morgan fingerprint density at radius 2 is 1.77 bits per heavy atom. The molecule has 1 atom stereocenters. The fraction of sp³-hybridized carbons (Fsp3) is 0.391. The Balaban J connectivity index is 1.89. The number of amides is 2. The largest absolute Gasteiger partial charge is 0.352 e. The van der Waals surface area contributed by atoms with Gasteiger partial charge in [0.15, 0.2) is 0 Å². The predicted molar refractivity (Wildman–Crippen MR) is 116 cm³/mol. The molecule has 0 fully saturated rings. The van der Waals surface area contributed by atoms with Crippen molar-refractivity contribution in [1.29, 1.82) is 0 Å². The molecule has 0 aliphatic heterocycles. The number of nitro groups is 1. The first-order valence-corrected chi connectivity index (χ1v) is 9.89. The minimum Gasteiger partial charge on any atom is -0.352 e. The van der Waals surface area contributed by atoms with Crippen molar-refractivity contribution in [3.8, 4) is 0 Å². The zero-order valence-electron chi connectivity index (χ0n) is 18.1. The fourth-order valence-corrected chi connectivity index (χ4v) is 3.02. The maximum atomic E-state index is 12.5. The lowest BCUT2D eigenvalue weighted by molar-refractivity contribution is -0.384. The molecule has 0 heterocycles. The number of nitrogens with one attached hydrogen (secondary N) is 1. The van der Waals surface area contributed by atoms with Crippen molar-refractivity contribution in [3.63, 3.8) is 0 Å². The summed E-state index contributed by atoms with van der Waals surface area (Å²) in [5.41, 5.74) is 2.38. The van der Waals surface area contributed by atoms with E-state index in [0.717, 1.165) is 5.56 Å². The molecule has 7 heteroatoms. The molecule has 0 bridgehead atoms. The van der Waals surface area contributed by atoms with Crippen LogP contribution in [-0.2, 0) is 10.2 Å². The minimum absolute atomic E-state index is 0.00931. The summed E-state index contributed by atoms with van der Waals surface area (Å²) in [7, 11) is 1.65. The van der Waals surface area contributed by atoms with E-state index in [0.29, 0.717) is 11.1 Å². The standard InChI is InChI=1S/C23H29N3O4/c1-16(18-7-6-8-20(15-18)26(29)30)25(5)21(27)13-14-24-22(28)17-9-11-19(12-10-17)23(2,3)4/h6-12,15-16H,13-14H2,1-5H3,(H,24,28)/t16-/m1/s1. The van der Waals surface area contributed by atoms with Crippen LogP contribution < -0.4 is 5.32 Å². The number of nitrogens with zero attached hydrogens (tertiary/aromatic N) is 2. The summed E-state index contributed by atoms with van der Waals surface area (Å²) in [4.78, 5) is 36.8. The van der Waals surface area contributed by atoms with E-state index in [1.54, 1.807) is 31.3 Å². The lowest BCUT2D eigenvalue weighted by atomic mass is 9.87. The summed E-state index contributed by atoms with van der Waals surface area (Å²) in [5.74, 6) is -0.380. The van der Waals surface area contributed by atoms with E-state index in [9.17, 15) is 19.7 Å². The summed E-state index contributed by atoms with van der Waals surface area (Å²) in [5, 5.41) is 13.7. The zero-order chi connectivity index (χ0) is 22.5. The van der Waals surface area contributed by atoms with Gasteiger partial charge in [0.25, 0.3) is 11.6 Å². The molecule has 2 aromatic rings. The number of rotatable bonds is 7. The number of non-ortho nitro benzene ring substituents is 1. The first-order valence-electron chi connectivity index (χ1n) is 9.89. The van der Waals surface area contributed by atoms with Crippen molar-refractivity contribution in [2.24, 2.45) is 0 Å². The summed E-state index contributed by atoms with van der Waals surface area (Å²) < 4.78 is 0. The van der Waals surface area contributed by atoms with Crippen molar-refractivity contribution in [2.45, 2.75) is 45.6 Å². The predicted octanol–water partition coefficient (Wildman–Crippen LogP) is 4.23. The topological polar surface area (TPSA) is 92.6 Å². The second-order valence-corrected chi connectivity index (χ2v) is 8.37. The van der Waals surface area contributed by atoms with Crippen LogP contribution in [0, 0.1) is 10.1 Å². The van der Waals surface area contributed by atoms with Gasteiger partial charge in [-0.15, -0.1) is 0 Å². The van der Waals surface area contributed by atoms with E-state index in [1.165, 1.54) is 17.0 Å². The quantitative estimate of drug-likeness (QED) is 0.545. The van der Waals surface area contributed by atoms with E-state index in [2.05, 4.69) is 26.1 Å². The molecule has 0 aliphatic rings. The van der Waals surface area contributed by atoms with Crippen LogP contribution in [0.1, 0.15) is 61.6 Å². The van der Waals surface area contributed by atoms with E-state index in [1.807, 2.05) is 19.1 Å². The lowest BCUT2D eigenvalue weighted by Gasteiger charge is -2.25. The Morgan fingerprint density at radius 3 is 2.33 bits per heavy atom. The van der Waals surface area contributed by atoms with E-state index >= 15 is 0 Å². The molecule has 0 saturated carbocycles. The molecule has 0 aliphatic carbocycles. The van der Waals surface area contributed by atoms with Gasteiger partial charge in [-0.2, -0.15) is 0 Å². The van der Waals surface area contributed by atoms with Crippen molar-refractivity contribution in [2.75, 3.05) is 13.6 Å². The molecule has 0 radical (unpaired) electrons. The van der Waals surface area contributed by atoms with Gasteiger partial charge in [-0.1, -0.05) is 45.0 Å². The van der Waals surface area contributed by atoms with E-state index in [-0.39, 0.29) is 41.9 Å². The molecule has 2 rings (SSSR count). The number of carbonyl (C=O) groups is 2. The molecule has 160 valence electrons. The van der Waals surface area contributed by atoms with Gasteiger partial charge in [-0.25, -0.2) is 0 Å². The Labute approximate surface area is 177 Å². The van der Waals surface area contributed by atoms with Gasteiger partial charge in [-0.3, -0.25) is 19.7 Å². The average molecular weight is 412 g/mol. The third-order valence-electron chi connectivity index (χ3n) is 5.18. The molecule has 0 aromatic heterocycles. The molecule has 0 spiro atoms. The van der Waals surface area contributed by atoms with Crippen molar-refractivity contribution >= 4 is 17.5 Å². The zero-order valence-corrected chi connectivity index (χ0v) is 18.1. The van der Waals surface area contributed by atoms with Gasteiger partial charge in [-0.05, 0) is 35.6 Å². The highest BCUT2D eigenvalue weighted by atomic mass is 16.6. The van der Waals surface area contributed by atoms with Crippen LogP contribution in [0.3, 0.4) is 0 Å². The van der Waals surface area contributed by atoms with Gasteiger partial charge in [0.05, 0.1) is 11.0 Å². The van der Waals surface area contributed by atoms with Gasteiger partial charge < -0.3 is 10.2 Å². The second-order valence-electron chi connectivity index (χ2n) is 8.37. The minimum atomic E-state index is -0.457.